The Morgan fingerprint density at radius 2 is 1.43 bits per heavy atom. The smallest absolute Gasteiger partial charge is 0.265 e. The van der Waals surface area contributed by atoms with E-state index >= 15 is 0 Å². The van der Waals surface area contributed by atoms with Gasteiger partial charge in [-0.3, -0.25) is 19.2 Å². The zero-order valence-electron chi connectivity index (χ0n) is 21.3. The van der Waals surface area contributed by atoms with E-state index in [0.29, 0.717) is 58.3 Å². The Labute approximate surface area is 228 Å². The summed E-state index contributed by atoms with van der Waals surface area (Å²) in [4.78, 5) is 55.1. The number of rotatable bonds is 4. The average molecular weight is 534 g/mol. The van der Waals surface area contributed by atoms with Crippen molar-refractivity contribution in [2.24, 2.45) is 5.92 Å². The van der Waals surface area contributed by atoms with Gasteiger partial charge in [-0.15, -0.1) is 0 Å². The van der Waals surface area contributed by atoms with Gasteiger partial charge in [0.05, 0.1) is 11.6 Å². The second-order valence-corrected chi connectivity index (χ2v) is 9.92. The van der Waals surface area contributed by atoms with Crippen molar-refractivity contribution in [2.45, 2.75) is 6.42 Å². The van der Waals surface area contributed by atoms with E-state index < -0.39 is 17.7 Å². The Balaban J connectivity index is 1.06. The summed E-state index contributed by atoms with van der Waals surface area (Å²) < 4.78 is 11.2. The van der Waals surface area contributed by atoms with E-state index in [1.165, 1.54) is 0 Å². The number of benzene rings is 4. The molecule has 3 heterocycles. The summed E-state index contributed by atoms with van der Waals surface area (Å²) >= 11 is 0. The predicted molar refractivity (Wildman–Crippen MR) is 148 cm³/mol. The standard InChI is InChI=1S/C31H23N3O6/c35-27-15-19(17-33(27)22-11-12-25-26(16-22)40-14-13-39-25)29(36)32-20-7-9-21(10-8-20)34-30(37)23-5-1-3-18-4-2-6-24(28(18)23)31(34)38/h1-12,16,19H,13-15,17H2,(H,32,36). The van der Waals surface area contributed by atoms with Crippen LogP contribution < -0.4 is 24.6 Å². The number of nitrogens with zero attached hydrogens (tertiary/aromatic N) is 2. The highest BCUT2D eigenvalue weighted by Gasteiger charge is 2.36. The molecule has 1 saturated heterocycles. The van der Waals surface area contributed by atoms with Crippen LogP contribution in [0.2, 0.25) is 0 Å². The fraction of sp³-hybridized carbons (Fsp3) is 0.161. The van der Waals surface area contributed by atoms with E-state index in [0.717, 1.165) is 10.3 Å². The van der Waals surface area contributed by atoms with E-state index in [1.54, 1.807) is 71.6 Å². The highest BCUT2D eigenvalue weighted by Crippen LogP contribution is 2.37. The molecule has 1 N–H and O–H groups in total. The summed E-state index contributed by atoms with van der Waals surface area (Å²) in [5, 5.41) is 4.36. The molecule has 0 saturated carbocycles. The molecule has 0 bridgehead atoms. The minimum atomic E-state index is -0.539. The van der Waals surface area contributed by atoms with Crippen molar-refractivity contribution in [1.82, 2.24) is 0 Å². The number of ether oxygens (including phenoxy) is 2. The molecule has 3 aliphatic heterocycles. The number of hydrogen-bond donors (Lipinski definition) is 1. The molecule has 4 aromatic carbocycles. The van der Waals surface area contributed by atoms with Crippen LogP contribution in [0.5, 0.6) is 11.5 Å². The van der Waals surface area contributed by atoms with E-state index in [1.807, 2.05) is 12.1 Å². The lowest BCUT2D eigenvalue weighted by atomic mass is 9.94. The van der Waals surface area contributed by atoms with E-state index in [2.05, 4.69) is 5.32 Å². The third kappa shape index (κ3) is 3.86. The van der Waals surface area contributed by atoms with E-state index in [9.17, 15) is 19.2 Å². The second-order valence-electron chi connectivity index (χ2n) is 9.92. The zero-order valence-corrected chi connectivity index (χ0v) is 21.3. The molecule has 0 aliphatic carbocycles. The van der Waals surface area contributed by atoms with Gasteiger partial charge >= 0.3 is 0 Å². The van der Waals surface area contributed by atoms with Crippen LogP contribution in [-0.4, -0.2) is 43.4 Å². The van der Waals surface area contributed by atoms with Crippen molar-refractivity contribution in [3.05, 3.63) is 90.0 Å². The van der Waals surface area contributed by atoms with Crippen LogP contribution in [0, 0.1) is 5.92 Å². The fourth-order valence-electron chi connectivity index (χ4n) is 5.54. The largest absolute Gasteiger partial charge is 0.486 e. The highest BCUT2D eigenvalue weighted by atomic mass is 16.6. The number of nitrogens with one attached hydrogen (secondary N) is 1. The van der Waals surface area contributed by atoms with Gasteiger partial charge in [-0.1, -0.05) is 24.3 Å². The molecule has 9 heteroatoms. The fourth-order valence-corrected chi connectivity index (χ4v) is 5.54. The zero-order chi connectivity index (χ0) is 27.4. The number of amides is 4. The lowest BCUT2D eigenvalue weighted by Crippen LogP contribution is -2.40. The van der Waals surface area contributed by atoms with Crippen molar-refractivity contribution in [2.75, 3.05) is 34.9 Å². The normalized spacial score (nSPS) is 17.9. The first-order chi connectivity index (χ1) is 19.5. The van der Waals surface area contributed by atoms with Crippen LogP contribution in [0.15, 0.2) is 78.9 Å². The summed E-state index contributed by atoms with van der Waals surface area (Å²) in [5.41, 5.74) is 2.50. The lowest BCUT2D eigenvalue weighted by Gasteiger charge is -2.27. The molecule has 9 nitrogen and oxygen atoms in total. The Bertz CT molecular complexity index is 1680. The van der Waals surface area contributed by atoms with Crippen LogP contribution in [0.1, 0.15) is 27.1 Å². The number of carbonyl (C=O) groups excluding carboxylic acids is 4. The van der Waals surface area contributed by atoms with Crippen molar-refractivity contribution in [1.29, 1.82) is 0 Å². The average Bonchev–Trinajstić information content (AvgIpc) is 3.38. The summed E-state index contributed by atoms with van der Waals surface area (Å²) in [5.74, 6) is -0.548. The van der Waals surface area contributed by atoms with Gasteiger partial charge in [0, 0.05) is 46.9 Å². The summed E-state index contributed by atoms with van der Waals surface area (Å²) in [6, 6.07) is 22.6. The van der Waals surface area contributed by atoms with Gasteiger partial charge < -0.3 is 19.7 Å². The van der Waals surface area contributed by atoms with Crippen molar-refractivity contribution in [3.63, 3.8) is 0 Å². The predicted octanol–water partition coefficient (Wildman–Crippen LogP) is 4.40. The quantitative estimate of drug-likeness (QED) is 0.390. The van der Waals surface area contributed by atoms with Gasteiger partial charge in [-0.25, -0.2) is 4.90 Å². The molecule has 0 radical (unpaired) electrons. The van der Waals surface area contributed by atoms with E-state index in [4.69, 9.17) is 9.47 Å². The number of anilines is 3. The maximum Gasteiger partial charge on any atom is 0.265 e. The second kappa shape index (κ2) is 9.23. The van der Waals surface area contributed by atoms with Crippen molar-refractivity contribution in [3.8, 4) is 11.5 Å². The van der Waals surface area contributed by atoms with Gasteiger partial charge in [-0.2, -0.15) is 0 Å². The van der Waals surface area contributed by atoms with Crippen molar-refractivity contribution >= 4 is 51.5 Å². The van der Waals surface area contributed by atoms with Crippen LogP contribution >= 0.6 is 0 Å². The minimum absolute atomic E-state index is 0.0834. The Hall–Kier alpha value is -5.18. The molecule has 1 atom stereocenters. The third-order valence-electron chi connectivity index (χ3n) is 7.50. The summed E-state index contributed by atoms with van der Waals surface area (Å²) in [6.45, 7) is 1.16. The van der Waals surface area contributed by atoms with Crippen LogP contribution in [0.4, 0.5) is 17.1 Å². The molecule has 1 unspecified atom stereocenters. The molecule has 0 aromatic heterocycles. The maximum absolute atomic E-state index is 13.3. The van der Waals surface area contributed by atoms with Crippen LogP contribution in [0.3, 0.4) is 0 Å². The lowest BCUT2D eigenvalue weighted by molar-refractivity contribution is -0.122. The van der Waals surface area contributed by atoms with Crippen molar-refractivity contribution < 1.29 is 28.7 Å². The molecule has 40 heavy (non-hydrogen) atoms. The SMILES string of the molecule is O=C(Nc1ccc(N2C(=O)c3cccc4cccc(c34)C2=O)cc1)C1CC(=O)N(c2ccc3c(c2)OCCO3)C1. The first kappa shape index (κ1) is 23.9. The van der Waals surface area contributed by atoms with E-state index in [-0.39, 0.29) is 24.8 Å². The summed E-state index contributed by atoms with van der Waals surface area (Å²) in [6.07, 6.45) is 0.0834. The highest BCUT2D eigenvalue weighted by molar-refractivity contribution is 6.35. The molecule has 4 amide bonds. The first-order valence-corrected chi connectivity index (χ1v) is 13.0. The molecule has 198 valence electrons. The number of carbonyl (C=O) groups is 4. The van der Waals surface area contributed by atoms with Gasteiger partial charge in [0.2, 0.25) is 11.8 Å². The topological polar surface area (TPSA) is 105 Å². The molecule has 1 fully saturated rings. The Morgan fingerprint density at radius 1 is 0.775 bits per heavy atom. The number of hydrogen-bond acceptors (Lipinski definition) is 6. The molecule has 0 spiro atoms. The molecule has 7 rings (SSSR count). The Kier molecular flexibility index (Phi) is 5.52. The first-order valence-electron chi connectivity index (χ1n) is 13.0. The monoisotopic (exact) mass is 533 g/mol. The van der Waals surface area contributed by atoms with Gasteiger partial charge in [0.1, 0.15) is 13.2 Å². The molecular formula is C31H23N3O6. The molecule has 3 aliphatic rings. The third-order valence-corrected chi connectivity index (χ3v) is 7.50. The molecule has 4 aromatic rings. The maximum atomic E-state index is 13.3. The summed E-state index contributed by atoms with van der Waals surface area (Å²) in [7, 11) is 0. The number of fused-ring (bicyclic) bond motifs is 1. The Morgan fingerprint density at radius 3 is 2.12 bits per heavy atom. The van der Waals surface area contributed by atoms with Crippen LogP contribution in [-0.2, 0) is 9.59 Å². The minimum Gasteiger partial charge on any atom is -0.486 e. The number of imide groups is 1. The van der Waals surface area contributed by atoms with Gasteiger partial charge in [-0.05, 0) is 53.9 Å². The van der Waals surface area contributed by atoms with Gasteiger partial charge in [0.15, 0.2) is 11.5 Å². The molecular weight excluding hydrogens is 510 g/mol. The van der Waals surface area contributed by atoms with Gasteiger partial charge in [0.25, 0.3) is 11.8 Å². The van der Waals surface area contributed by atoms with Crippen LogP contribution in [0.25, 0.3) is 10.8 Å².